The van der Waals surface area contributed by atoms with Crippen LogP contribution < -0.4 is 15.9 Å². The molecular weight excluding hydrogens is 422 g/mol. The standard InChI is InChI=1S/C21H18F6N4/c1-11-8-16-15(10-31(11)20(6-7-20)21(25,26)27)19(30-12(2)29-16)28-9-13-4-3-5-14(17(13)22)18(23)24/h3-5,8,10,18H,1,6-7,9H2,2H3,(H,28,29,30). The maximum atomic E-state index is 14.3. The lowest BCUT2D eigenvalue weighted by Gasteiger charge is -2.34. The zero-order valence-electron chi connectivity index (χ0n) is 16.4. The molecule has 10 heteroatoms. The number of aromatic nitrogens is 2. The maximum absolute atomic E-state index is 14.3. The van der Waals surface area contributed by atoms with E-state index in [-0.39, 0.29) is 36.5 Å². The third-order valence-electron chi connectivity index (χ3n) is 5.46. The highest BCUT2D eigenvalue weighted by molar-refractivity contribution is 5.58. The maximum Gasteiger partial charge on any atom is 0.411 e. The van der Waals surface area contributed by atoms with Crippen LogP contribution in [0.15, 0.2) is 30.5 Å². The molecule has 0 radical (unpaired) electrons. The van der Waals surface area contributed by atoms with E-state index in [0.717, 1.165) is 11.0 Å². The first kappa shape index (κ1) is 21.2. The summed E-state index contributed by atoms with van der Waals surface area (Å²) in [5.41, 5.74) is -2.60. The topological polar surface area (TPSA) is 41.1 Å². The second-order valence-corrected chi connectivity index (χ2v) is 7.56. The number of nitrogens with zero attached hydrogens (tertiary/aromatic N) is 3. The molecule has 1 aliphatic carbocycles. The third kappa shape index (κ3) is 3.64. The molecule has 2 heterocycles. The van der Waals surface area contributed by atoms with Crippen LogP contribution in [0.1, 0.15) is 36.2 Å². The number of benzene rings is 1. The van der Waals surface area contributed by atoms with Gasteiger partial charge in [0.15, 0.2) is 0 Å². The summed E-state index contributed by atoms with van der Waals surface area (Å²) in [6.45, 7) is 5.16. The van der Waals surface area contributed by atoms with E-state index in [1.165, 1.54) is 24.4 Å². The Morgan fingerprint density at radius 1 is 1.23 bits per heavy atom. The number of hydrogen-bond donors (Lipinski definition) is 1. The van der Waals surface area contributed by atoms with Gasteiger partial charge in [-0.15, -0.1) is 0 Å². The number of rotatable bonds is 5. The predicted octanol–water partition coefficient (Wildman–Crippen LogP) is 3.92. The molecule has 1 aromatic heterocycles. The average Bonchev–Trinajstić information content (AvgIpc) is 3.48. The Hall–Kier alpha value is -3.04. The Labute approximate surface area is 173 Å². The highest BCUT2D eigenvalue weighted by atomic mass is 19.4. The highest BCUT2D eigenvalue weighted by Crippen LogP contribution is 2.55. The zero-order valence-corrected chi connectivity index (χ0v) is 16.4. The molecule has 1 fully saturated rings. The van der Waals surface area contributed by atoms with Gasteiger partial charge in [-0.1, -0.05) is 24.8 Å². The molecule has 1 aliphatic heterocycles. The van der Waals surface area contributed by atoms with E-state index in [9.17, 15) is 26.3 Å². The average molecular weight is 440 g/mol. The molecule has 0 unspecified atom stereocenters. The molecule has 164 valence electrons. The van der Waals surface area contributed by atoms with E-state index in [0.29, 0.717) is 16.4 Å². The zero-order chi connectivity index (χ0) is 22.6. The molecule has 31 heavy (non-hydrogen) atoms. The smallest absolute Gasteiger partial charge is 0.365 e. The molecule has 4 rings (SSSR count). The SMILES string of the molecule is C=C1C=c2nc(C)nc(NCc3cccc(C(F)F)c3F)c2=CN1C1(C(F)(F)F)CC1. The van der Waals surface area contributed by atoms with Crippen molar-refractivity contribution >= 4 is 18.1 Å². The molecular formula is C21H18F6N4. The van der Waals surface area contributed by atoms with E-state index >= 15 is 0 Å². The molecule has 0 amide bonds. The minimum absolute atomic E-state index is 0.0159. The van der Waals surface area contributed by atoms with Crippen molar-refractivity contribution in [1.29, 1.82) is 0 Å². The first-order chi connectivity index (χ1) is 14.5. The van der Waals surface area contributed by atoms with Crippen molar-refractivity contribution in [2.75, 3.05) is 5.32 Å². The minimum atomic E-state index is -4.45. The summed E-state index contributed by atoms with van der Waals surface area (Å²) in [6, 6.07) is 3.66. The highest BCUT2D eigenvalue weighted by Gasteiger charge is 2.67. The predicted molar refractivity (Wildman–Crippen MR) is 103 cm³/mol. The van der Waals surface area contributed by atoms with Crippen LogP contribution >= 0.6 is 0 Å². The fourth-order valence-electron chi connectivity index (χ4n) is 3.68. The van der Waals surface area contributed by atoms with Crippen molar-refractivity contribution in [3.05, 3.63) is 63.8 Å². The Kier molecular flexibility index (Phi) is 4.98. The molecule has 1 saturated carbocycles. The van der Waals surface area contributed by atoms with Crippen LogP contribution in [-0.2, 0) is 6.54 Å². The van der Waals surface area contributed by atoms with Crippen molar-refractivity contribution in [1.82, 2.24) is 14.9 Å². The third-order valence-corrected chi connectivity index (χ3v) is 5.46. The first-order valence-corrected chi connectivity index (χ1v) is 9.46. The van der Waals surface area contributed by atoms with Gasteiger partial charge in [0, 0.05) is 24.0 Å². The summed E-state index contributed by atoms with van der Waals surface area (Å²) >= 11 is 0. The number of hydrogen-bond acceptors (Lipinski definition) is 4. The summed E-state index contributed by atoms with van der Waals surface area (Å²) < 4.78 is 81.2. The molecule has 0 saturated heterocycles. The largest absolute Gasteiger partial charge is 0.411 e. The summed E-state index contributed by atoms with van der Waals surface area (Å²) in [4.78, 5) is 9.57. The van der Waals surface area contributed by atoms with Crippen LogP contribution in [0.25, 0.3) is 12.3 Å². The Morgan fingerprint density at radius 3 is 2.55 bits per heavy atom. The quantitative estimate of drug-likeness (QED) is 0.716. The number of alkyl halides is 5. The fraction of sp³-hybridized carbons (Fsp3) is 0.333. The van der Waals surface area contributed by atoms with Crippen LogP contribution in [0, 0.1) is 12.7 Å². The van der Waals surface area contributed by atoms with Gasteiger partial charge < -0.3 is 10.2 Å². The molecule has 0 atom stereocenters. The molecule has 2 aliphatic rings. The number of halogens is 6. The number of anilines is 1. The molecule has 0 spiro atoms. The summed E-state index contributed by atoms with van der Waals surface area (Å²) in [7, 11) is 0. The van der Waals surface area contributed by atoms with Gasteiger partial charge >= 0.3 is 6.18 Å². The second-order valence-electron chi connectivity index (χ2n) is 7.56. The van der Waals surface area contributed by atoms with E-state index in [1.807, 2.05) is 0 Å². The minimum Gasteiger partial charge on any atom is -0.365 e. The first-order valence-electron chi connectivity index (χ1n) is 9.46. The number of allylic oxidation sites excluding steroid dienone is 1. The Balaban J connectivity index is 1.73. The second kappa shape index (κ2) is 7.28. The summed E-state index contributed by atoms with van der Waals surface area (Å²) in [6.07, 6.45) is -4.79. The Morgan fingerprint density at radius 2 is 1.94 bits per heavy atom. The van der Waals surface area contributed by atoms with Crippen LogP contribution in [0.4, 0.5) is 32.2 Å². The number of fused-ring (bicyclic) bond motifs is 1. The van der Waals surface area contributed by atoms with Gasteiger partial charge in [-0.2, -0.15) is 13.2 Å². The molecule has 2 aromatic rings. The van der Waals surface area contributed by atoms with E-state index in [4.69, 9.17) is 0 Å². The lowest BCUT2D eigenvalue weighted by atomic mass is 10.1. The number of aryl methyl sites for hydroxylation is 1. The van der Waals surface area contributed by atoms with Gasteiger partial charge in [0.05, 0.1) is 16.1 Å². The van der Waals surface area contributed by atoms with Crippen LogP contribution in [0.5, 0.6) is 0 Å². The van der Waals surface area contributed by atoms with Gasteiger partial charge in [0.25, 0.3) is 6.43 Å². The van der Waals surface area contributed by atoms with Crippen molar-refractivity contribution < 1.29 is 26.3 Å². The van der Waals surface area contributed by atoms with Gasteiger partial charge in [0.2, 0.25) is 0 Å². The van der Waals surface area contributed by atoms with Gasteiger partial charge in [0.1, 0.15) is 23.0 Å². The Bertz CT molecular complexity index is 1170. The molecule has 4 nitrogen and oxygen atoms in total. The van der Waals surface area contributed by atoms with Crippen molar-refractivity contribution in [3.8, 4) is 0 Å². The van der Waals surface area contributed by atoms with Crippen molar-refractivity contribution in [3.63, 3.8) is 0 Å². The van der Waals surface area contributed by atoms with Gasteiger partial charge in [-0.25, -0.2) is 23.1 Å². The van der Waals surface area contributed by atoms with Crippen molar-refractivity contribution in [2.45, 2.75) is 44.5 Å². The van der Waals surface area contributed by atoms with Crippen LogP contribution in [0.3, 0.4) is 0 Å². The molecule has 1 N–H and O–H groups in total. The summed E-state index contributed by atoms with van der Waals surface area (Å²) in [5, 5.41) is 3.52. The molecule has 0 bridgehead atoms. The van der Waals surface area contributed by atoms with Gasteiger partial charge in [-0.05, 0) is 25.8 Å². The lowest BCUT2D eigenvalue weighted by molar-refractivity contribution is -0.181. The van der Waals surface area contributed by atoms with Crippen LogP contribution in [0.2, 0.25) is 0 Å². The van der Waals surface area contributed by atoms with E-state index < -0.39 is 29.5 Å². The summed E-state index contributed by atoms with van der Waals surface area (Å²) in [5.74, 6) is -0.522. The van der Waals surface area contributed by atoms with Crippen LogP contribution in [-0.4, -0.2) is 26.6 Å². The van der Waals surface area contributed by atoms with Gasteiger partial charge in [-0.3, -0.25) is 0 Å². The number of nitrogens with one attached hydrogen (secondary N) is 1. The van der Waals surface area contributed by atoms with E-state index in [2.05, 4.69) is 21.9 Å². The molecule has 1 aromatic carbocycles. The lowest BCUT2D eigenvalue weighted by Crippen LogP contribution is -2.49. The monoisotopic (exact) mass is 440 g/mol. The fourth-order valence-corrected chi connectivity index (χ4v) is 3.68. The van der Waals surface area contributed by atoms with E-state index in [1.54, 1.807) is 6.92 Å². The van der Waals surface area contributed by atoms with Crippen molar-refractivity contribution in [2.24, 2.45) is 0 Å². The normalized spacial score (nSPS) is 17.2.